The van der Waals surface area contributed by atoms with Crippen LogP contribution in [0.25, 0.3) is 0 Å². The minimum Gasteiger partial charge on any atom is -0.488 e. The first kappa shape index (κ1) is 21.3. The largest absolute Gasteiger partial charge is 0.488 e. The van der Waals surface area contributed by atoms with Crippen molar-refractivity contribution in [1.82, 2.24) is 4.98 Å². The summed E-state index contributed by atoms with van der Waals surface area (Å²) in [6.07, 6.45) is 3.41. The van der Waals surface area contributed by atoms with E-state index in [1.807, 2.05) is 0 Å². The average Bonchev–Trinajstić information content (AvgIpc) is 3.42. The Bertz CT molecular complexity index is 1160. The molecule has 0 spiro atoms. The van der Waals surface area contributed by atoms with Crippen molar-refractivity contribution >= 4 is 32.2 Å². The number of benzene rings is 2. The number of carbonyl (C=O) groups is 1. The van der Waals surface area contributed by atoms with E-state index in [0.717, 1.165) is 12.7 Å². The zero-order valence-electron chi connectivity index (χ0n) is 16.6. The maximum absolute atomic E-state index is 12.7. The van der Waals surface area contributed by atoms with E-state index in [-0.39, 0.29) is 16.9 Å². The molecule has 1 aliphatic rings. The minimum atomic E-state index is -3.30. The number of sulfone groups is 1. The number of anilines is 1. The molecule has 1 saturated heterocycles. The number of ether oxygens (including phenoxy) is 3. The number of nitrogens with zero attached hydrogens (tertiary/aromatic N) is 1. The summed E-state index contributed by atoms with van der Waals surface area (Å²) in [5.41, 5.74) is 0.342. The van der Waals surface area contributed by atoms with E-state index < -0.39 is 9.84 Å². The number of rotatable bonds is 7. The smallest absolute Gasteiger partial charge is 0.257 e. The van der Waals surface area contributed by atoms with E-state index in [4.69, 9.17) is 14.2 Å². The Kier molecular flexibility index (Phi) is 6.21. The van der Waals surface area contributed by atoms with Crippen LogP contribution >= 0.6 is 11.3 Å². The van der Waals surface area contributed by atoms with Gasteiger partial charge in [0, 0.05) is 35.9 Å². The second-order valence-corrected chi connectivity index (χ2v) is 9.84. The highest BCUT2D eigenvalue weighted by molar-refractivity contribution is 7.90. The van der Waals surface area contributed by atoms with Crippen LogP contribution in [0.1, 0.15) is 16.8 Å². The third kappa shape index (κ3) is 5.60. The van der Waals surface area contributed by atoms with Gasteiger partial charge in [-0.25, -0.2) is 13.4 Å². The topological polar surface area (TPSA) is 104 Å². The van der Waals surface area contributed by atoms with Crippen LogP contribution in [0, 0.1) is 0 Å². The number of amides is 1. The Morgan fingerprint density at radius 2 is 1.94 bits per heavy atom. The quantitative estimate of drug-likeness (QED) is 0.572. The van der Waals surface area contributed by atoms with E-state index in [9.17, 15) is 13.2 Å². The van der Waals surface area contributed by atoms with E-state index >= 15 is 0 Å². The first-order chi connectivity index (χ1) is 14.9. The van der Waals surface area contributed by atoms with Crippen LogP contribution in [0.4, 0.5) is 5.13 Å². The van der Waals surface area contributed by atoms with Crippen molar-refractivity contribution in [1.29, 1.82) is 0 Å². The average molecular weight is 461 g/mol. The summed E-state index contributed by atoms with van der Waals surface area (Å²) in [5, 5.41) is 4.99. The summed E-state index contributed by atoms with van der Waals surface area (Å²) >= 11 is 1.32. The summed E-state index contributed by atoms with van der Waals surface area (Å²) in [5.74, 6) is 0.943. The molecule has 1 atom stereocenters. The molecule has 1 aromatic heterocycles. The zero-order chi connectivity index (χ0) is 21.8. The molecule has 0 radical (unpaired) electrons. The fourth-order valence-electron chi connectivity index (χ4n) is 2.97. The van der Waals surface area contributed by atoms with E-state index in [2.05, 4.69) is 10.3 Å². The number of carbonyl (C=O) groups excluding carboxylic acids is 1. The molecule has 0 saturated carbocycles. The molecule has 2 heterocycles. The lowest BCUT2D eigenvalue weighted by atomic mass is 10.2. The molecule has 1 N–H and O–H groups in total. The van der Waals surface area contributed by atoms with Gasteiger partial charge in [-0.1, -0.05) is 0 Å². The highest BCUT2D eigenvalue weighted by Gasteiger charge is 2.19. The highest BCUT2D eigenvalue weighted by Crippen LogP contribution is 2.30. The predicted octanol–water partition coefficient (Wildman–Crippen LogP) is 3.76. The minimum absolute atomic E-state index is 0.0980. The first-order valence-electron chi connectivity index (χ1n) is 9.45. The molecule has 1 aliphatic heterocycles. The molecule has 162 valence electrons. The number of nitrogens with one attached hydrogen (secondary N) is 1. The Hall–Kier alpha value is -2.95. The predicted molar refractivity (Wildman–Crippen MR) is 116 cm³/mol. The summed E-state index contributed by atoms with van der Waals surface area (Å²) in [7, 11) is -3.30. The van der Waals surface area contributed by atoms with Gasteiger partial charge in [-0.2, -0.15) is 0 Å². The van der Waals surface area contributed by atoms with Crippen LogP contribution in [0.15, 0.2) is 58.9 Å². The SMILES string of the molecule is CS(=O)(=O)c1ccc(Oc2cc(O[C@@H]3CCOC3)cc(C(=O)Nc3nccs3)c2)cc1. The van der Waals surface area contributed by atoms with Crippen molar-refractivity contribution in [3.63, 3.8) is 0 Å². The van der Waals surface area contributed by atoms with Crippen LogP contribution in [-0.4, -0.2) is 44.9 Å². The van der Waals surface area contributed by atoms with Crippen LogP contribution in [-0.2, 0) is 14.6 Å². The van der Waals surface area contributed by atoms with E-state index in [1.165, 1.54) is 23.5 Å². The molecular weight excluding hydrogens is 440 g/mol. The van der Waals surface area contributed by atoms with Gasteiger partial charge in [0.2, 0.25) is 0 Å². The molecule has 0 aliphatic carbocycles. The fraction of sp³-hybridized carbons (Fsp3) is 0.238. The van der Waals surface area contributed by atoms with Crippen LogP contribution in [0.3, 0.4) is 0 Å². The molecule has 3 aromatic rings. The highest BCUT2D eigenvalue weighted by atomic mass is 32.2. The lowest BCUT2D eigenvalue weighted by molar-refractivity contribution is 0.102. The molecule has 0 bridgehead atoms. The third-order valence-electron chi connectivity index (χ3n) is 4.47. The van der Waals surface area contributed by atoms with Crippen molar-refractivity contribution in [3.8, 4) is 17.2 Å². The maximum Gasteiger partial charge on any atom is 0.257 e. The molecule has 2 aromatic carbocycles. The van der Waals surface area contributed by atoms with Gasteiger partial charge in [0.15, 0.2) is 15.0 Å². The van der Waals surface area contributed by atoms with Crippen LogP contribution < -0.4 is 14.8 Å². The number of aromatic nitrogens is 1. The molecule has 0 unspecified atom stereocenters. The van der Waals surface area contributed by atoms with E-state index in [0.29, 0.717) is 41.2 Å². The molecule has 31 heavy (non-hydrogen) atoms. The van der Waals surface area contributed by atoms with Gasteiger partial charge >= 0.3 is 0 Å². The molecule has 8 nitrogen and oxygen atoms in total. The summed E-state index contributed by atoms with van der Waals surface area (Å²) in [6.45, 7) is 1.11. The van der Waals surface area contributed by atoms with Crippen LogP contribution in [0.5, 0.6) is 17.2 Å². The van der Waals surface area contributed by atoms with Crippen LogP contribution in [0.2, 0.25) is 0 Å². The van der Waals surface area contributed by atoms with Crippen molar-refractivity contribution in [3.05, 3.63) is 59.6 Å². The Morgan fingerprint density at radius 3 is 2.58 bits per heavy atom. The fourth-order valence-corrected chi connectivity index (χ4v) is 4.13. The number of hydrogen-bond acceptors (Lipinski definition) is 8. The van der Waals surface area contributed by atoms with Gasteiger partial charge in [-0.3, -0.25) is 10.1 Å². The van der Waals surface area contributed by atoms with Gasteiger partial charge < -0.3 is 14.2 Å². The monoisotopic (exact) mass is 460 g/mol. The van der Waals surface area contributed by atoms with Gasteiger partial charge in [0.1, 0.15) is 23.4 Å². The summed E-state index contributed by atoms with van der Waals surface area (Å²) in [4.78, 5) is 17.0. The first-order valence-corrected chi connectivity index (χ1v) is 12.2. The lowest BCUT2D eigenvalue weighted by Gasteiger charge is -2.15. The normalized spacial score (nSPS) is 16.1. The number of thiazole rings is 1. The van der Waals surface area contributed by atoms with Gasteiger partial charge in [-0.15, -0.1) is 11.3 Å². The van der Waals surface area contributed by atoms with Crippen molar-refractivity contribution in [2.45, 2.75) is 17.4 Å². The molecule has 10 heteroatoms. The molecular formula is C21H20N2O6S2. The summed E-state index contributed by atoms with van der Waals surface area (Å²) in [6, 6.07) is 11.0. The van der Waals surface area contributed by atoms with Crippen molar-refractivity contribution in [2.24, 2.45) is 0 Å². The number of hydrogen-bond donors (Lipinski definition) is 1. The van der Waals surface area contributed by atoms with E-state index in [1.54, 1.807) is 41.9 Å². The van der Waals surface area contributed by atoms with Crippen molar-refractivity contribution < 1.29 is 27.4 Å². The molecule has 1 amide bonds. The zero-order valence-corrected chi connectivity index (χ0v) is 18.2. The Labute approximate surface area is 183 Å². The van der Waals surface area contributed by atoms with Crippen molar-refractivity contribution in [2.75, 3.05) is 24.8 Å². The van der Waals surface area contributed by atoms with Gasteiger partial charge in [0.05, 0.1) is 18.1 Å². The summed E-state index contributed by atoms with van der Waals surface area (Å²) < 4.78 is 40.5. The Balaban J connectivity index is 1.59. The maximum atomic E-state index is 12.7. The second kappa shape index (κ2) is 9.04. The molecule has 4 rings (SSSR count). The standard InChI is InChI=1S/C21H20N2O6S2/c1-31(25,26)19-4-2-15(3-5-19)28-17-10-14(20(24)23-21-22-7-9-30-21)11-18(12-17)29-16-6-8-27-13-16/h2-5,7,9-12,16H,6,8,13H2,1H3,(H,22,23,24)/t16-/m1/s1. The lowest BCUT2D eigenvalue weighted by Crippen LogP contribution is -2.17. The Morgan fingerprint density at radius 1 is 1.16 bits per heavy atom. The van der Waals surface area contributed by atoms with Gasteiger partial charge in [-0.05, 0) is 36.4 Å². The van der Waals surface area contributed by atoms with Gasteiger partial charge in [0.25, 0.3) is 5.91 Å². The third-order valence-corrected chi connectivity index (χ3v) is 6.29. The second-order valence-electron chi connectivity index (χ2n) is 6.93. The molecule has 1 fully saturated rings.